The maximum atomic E-state index is 13.3. The molecule has 4 rings (SSSR count). The van der Waals surface area contributed by atoms with Gasteiger partial charge in [-0.1, -0.05) is 5.92 Å². The summed E-state index contributed by atoms with van der Waals surface area (Å²) in [7, 11) is 11.2. The van der Waals surface area contributed by atoms with E-state index in [1.807, 2.05) is 60.7 Å². The monoisotopic (exact) mass is 746 g/mol. The molecule has 282 valence electrons. The second-order valence-corrected chi connectivity index (χ2v) is 15.0. The van der Waals surface area contributed by atoms with E-state index in [0.717, 1.165) is 21.5 Å². The van der Waals surface area contributed by atoms with Crippen LogP contribution in [0, 0.1) is 11.8 Å². The van der Waals surface area contributed by atoms with E-state index in [4.69, 9.17) is 42.6 Å². The first kappa shape index (κ1) is 40.3. The molecule has 0 radical (unpaired) electrons. The lowest BCUT2D eigenvalue weighted by Gasteiger charge is -2.33. The van der Waals surface area contributed by atoms with Gasteiger partial charge in [0.2, 0.25) is 5.91 Å². The molecule has 0 aliphatic heterocycles. The number of methoxy groups -OCH3 is 9. The third kappa shape index (κ3) is 8.61. The molecule has 11 nitrogen and oxygen atoms in total. The summed E-state index contributed by atoms with van der Waals surface area (Å²) in [5.74, 6) is 10.4. The molecular formula is C41H49NO10P+. The summed E-state index contributed by atoms with van der Waals surface area (Å²) >= 11 is 0. The van der Waals surface area contributed by atoms with Crippen LogP contribution in [-0.4, -0.2) is 76.1 Å². The Labute approximate surface area is 313 Å². The van der Waals surface area contributed by atoms with Crippen LogP contribution in [0.3, 0.4) is 0 Å². The van der Waals surface area contributed by atoms with Gasteiger partial charge in [0.05, 0.1) is 70.2 Å². The van der Waals surface area contributed by atoms with E-state index in [1.165, 1.54) is 0 Å². The minimum absolute atomic E-state index is 0.109. The maximum Gasteiger partial charge on any atom is 0.224 e. The predicted molar refractivity (Wildman–Crippen MR) is 210 cm³/mol. The average Bonchev–Trinajstić information content (AvgIpc) is 3.20. The van der Waals surface area contributed by atoms with Crippen molar-refractivity contribution in [3.8, 4) is 63.6 Å². The molecule has 0 heterocycles. The van der Waals surface area contributed by atoms with Gasteiger partial charge in [-0.2, -0.15) is 0 Å². The van der Waals surface area contributed by atoms with E-state index < -0.39 is 7.26 Å². The smallest absolute Gasteiger partial charge is 0.224 e. The first-order valence-corrected chi connectivity index (χ1v) is 18.8. The first-order valence-electron chi connectivity index (χ1n) is 16.8. The fourth-order valence-corrected chi connectivity index (χ4v) is 11.6. The fraction of sp³-hybridized carbons (Fsp3) is 0.341. The number of hydrogen-bond acceptors (Lipinski definition) is 10. The maximum absolute atomic E-state index is 13.3. The van der Waals surface area contributed by atoms with Crippen molar-refractivity contribution < 1.29 is 47.4 Å². The zero-order valence-electron chi connectivity index (χ0n) is 32.1. The highest BCUT2D eigenvalue weighted by atomic mass is 31.2. The summed E-state index contributed by atoms with van der Waals surface area (Å²) < 4.78 is 54.1. The Morgan fingerprint density at radius 1 is 0.547 bits per heavy atom. The van der Waals surface area contributed by atoms with Crippen molar-refractivity contribution in [1.29, 1.82) is 0 Å². The van der Waals surface area contributed by atoms with Gasteiger partial charge in [0, 0.05) is 54.1 Å². The van der Waals surface area contributed by atoms with Crippen molar-refractivity contribution in [2.75, 3.05) is 75.5 Å². The molecule has 4 aromatic rings. The van der Waals surface area contributed by atoms with Gasteiger partial charge in [0.15, 0.2) is 50.4 Å². The highest BCUT2D eigenvalue weighted by molar-refractivity contribution is 7.96. The Balaban J connectivity index is 2.03. The predicted octanol–water partition coefficient (Wildman–Crippen LogP) is 6.24. The highest BCUT2D eigenvalue weighted by Gasteiger charge is 2.57. The molecule has 1 N–H and O–H groups in total. The molecule has 0 spiro atoms. The average molecular weight is 747 g/mol. The number of carbonyl (C=O) groups is 1. The van der Waals surface area contributed by atoms with Crippen LogP contribution in [0.25, 0.3) is 0 Å². The number of benzene rings is 4. The fourth-order valence-electron chi connectivity index (χ4n) is 6.40. The molecule has 4 aromatic carbocycles. The zero-order valence-corrected chi connectivity index (χ0v) is 33.0. The van der Waals surface area contributed by atoms with Crippen LogP contribution in [0.2, 0.25) is 0 Å². The van der Waals surface area contributed by atoms with Gasteiger partial charge in [-0.3, -0.25) is 4.79 Å². The van der Waals surface area contributed by atoms with Gasteiger partial charge in [-0.15, -0.1) is 5.92 Å². The topological polar surface area (TPSA) is 112 Å². The van der Waals surface area contributed by atoms with Crippen LogP contribution in [0.5, 0.6) is 51.7 Å². The second kappa shape index (κ2) is 18.9. The van der Waals surface area contributed by atoms with Gasteiger partial charge in [0.1, 0.15) is 24.5 Å². The van der Waals surface area contributed by atoms with E-state index in [1.54, 1.807) is 70.9 Å². The molecular weight excluding hydrogens is 697 g/mol. The molecule has 0 saturated heterocycles. The van der Waals surface area contributed by atoms with Crippen molar-refractivity contribution in [3.05, 3.63) is 66.2 Å². The number of hydrogen-bond donors (Lipinski definition) is 1. The third-order valence-electron chi connectivity index (χ3n) is 8.80. The van der Waals surface area contributed by atoms with Crippen LogP contribution in [-0.2, 0) is 4.79 Å². The minimum atomic E-state index is -3.17. The Kier molecular flexibility index (Phi) is 14.3. The van der Waals surface area contributed by atoms with Crippen LogP contribution < -0.4 is 63.9 Å². The summed E-state index contributed by atoms with van der Waals surface area (Å²) in [6.07, 6.45) is 1.85. The zero-order chi connectivity index (χ0) is 38.5. The molecule has 0 aliphatic rings. The number of nitrogens with one attached hydrogen (secondary N) is 1. The van der Waals surface area contributed by atoms with Crippen LogP contribution >= 0.6 is 7.26 Å². The van der Waals surface area contributed by atoms with E-state index >= 15 is 0 Å². The van der Waals surface area contributed by atoms with Gasteiger partial charge in [0.25, 0.3) is 0 Å². The molecule has 0 atom stereocenters. The molecule has 0 aromatic heterocycles. The molecule has 12 heteroatoms. The van der Waals surface area contributed by atoms with Gasteiger partial charge >= 0.3 is 0 Å². The molecule has 53 heavy (non-hydrogen) atoms. The Hall–Kier alpha value is -5.46. The first-order chi connectivity index (χ1) is 25.7. The summed E-state index contributed by atoms with van der Waals surface area (Å²) in [5.41, 5.74) is 1.58. The molecule has 0 fully saturated rings. The molecule has 0 bridgehead atoms. The van der Waals surface area contributed by atoms with Gasteiger partial charge in [-0.05, 0) is 44.0 Å². The van der Waals surface area contributed by atoms with Crippen molar-refractivity contribution in [1.82, 2.24) is 0 Å². The number of carbonyl (C=O) groups excluding carboxylic acids is 1. The van der Waals surface area contributed by atoms with Crippen molar-refractivity contribution in [3.63, 3.8) is 0 Å². The summed E-state index contributed by atoms with van der Waals surface area (Å²) in [6, 6.07) is 18.4. The van der Waals surface area contributed by atoms with Gasteiger partial charge in [-0.25, -0.2) is 0 Å². The van der Waals surface area contributed by atoms with Crippen molar-refractivity contribution >= 4 is 34.8 Å². The Morgan fingerprint density at radius 3 is 1.21 bits per heavy atom. The van der Waals surface area contributed by atoms with Crippen LogP contribution in [0.4, 0.5) is 5.69 Å². The van der Waals surface area contributed by atoms with E-state index in [-0.39, 0.29) is 12.3 Å². The SMILES string of the molecule is CC#Cc1ccc(NC(=O)CCCC[P+](c2c(OC)cc(OC)cc2OC)(c2c(OC)cc(OC)cc2OC)c2c(OC)cc(OC)cc2OC)cc1. The Bertz CT molecular complexity index is 1700. The minimum Gasteiger partial charge on any atom is -0.496 e. The van der Waals surface area contributed by atoms with Crippen LogP contribution in [0.15, 0.2) is 60.7 Å². The number of anilines is 1. The van der Waals surface area contributed by atoms with Crippen molar-refractivity contribution in [2.45, 2.75) is 26.2 Å². The lowest BCUT2D eigenvalue weighted by molar-refractivity contribution is -0.116. The number of amides is 1. The van der Waals surface area contributed by atoms with E-state index in [2.05, 4.69) is 17.2 Å². The summed E-state index contributed by atoms with van der Waals surface area (Å²) in [4.78, 5) is 13.3. The molecule has 0 unspecified atom stereocenters. The van der Waals surface area contributed by atoms with Crippen LogP contribution in [0.1, 0.15) is 31.7 Å². The van der Waals surface area contributed by atoms with E-state index in [9.17, 15) is 4.79 Å². The van der Waals surface area contributed by atoms with Crippen molar-refractivity contribution in [2.24, 2.45) is 0 Å². The summed E-state index contributed by atoms with van der Waals surface area (Å²) in [6.45, 7) is 1.79. The number of ether oxygens (including phenoxy) is 9. The number of rotatable bonds is 18. The third-order valence-corrected chi connectivity index (χ3v) is 13.4. The molecule has 0 aliphatic carbocycles. The largest absolute Gasteiger partial charge is 0.496 e. The molecule has 1 amide bonds. The number of unbranched alkanes of at least 4 members (excludes halogenated alkanes) is 1. The lowest BCUT2D eigenvalue weighted by atomic mass is 10.2. The van der Waals surface area contributed by atoms with E-state index in [0.29, 0.717) is 76.4 Å². The normalized spacial score (nSPS) is 10.7. The lowest BCUT2D eigenvalue weighted by Crippen LogP contribution is -2.38. The highest BCUT2D eigenvalue weighted by Crippen LogP contribution is 2.66. The standard InChI is InChI=1S/C41H48NO10P/c1-11-14-27-16-18-28(19-17-27)42-38(43)15-12-13-20-53(39-32(47-5)21-29(44-2)22-33(39)48-6,40-34(49-7)23-30(45-3)24-35(40)50-8)41-36(51-9)25-31(46-4)26-37(41)52-10/h16-19,21-26H,12-13,15,20H2,1-10H3/p+1. The quantitative estimate of drug-likeness (QED) is 0.0714. The second-order valence-electron chi connectivity index (χ2n) is 11.6. The molecule has 0 saturated carbocycles. The summed E-state index contributed by atoms with van der Waals surface area (Å²) in [5, 5.41) is 5.20. The van der Waals surface area contributed by atoms with Gasteiger partial charge < -0.3 is 47.9 Å². The Morgan fingerprint density at radius 2 is 0.906 bits per heavy atom.